The molecule has 0 saturated carbocycles. The van der Waals surface area contributed by atoms with Crippen LogP contribution in [0.1, 0.15) is 34.8 Å². The quantitative estimate of drug-likeness (QED) is 0.487. The molecule has 7 heteroatoms. The molecule has 7 nitrogen and oxygen atoms in total. The molecular weight excluding hydrogens is 310 g/mol. The van der Waals surface area contributed by atoms with Gasteiger partial charge in [0.25, 0.3) is 11.6 Å². The molecule has 0 bridgehead atoms. The summed E-state index contributed by atoms with van der Waals surface area (Å²) in [6.45, 7) is 0.471. The van der Waals surface area contributed by atoms with Crippen molar-refractivity contribution in [2.75, 3.05) is 11.4 Å². The van der Waals surface area contributed by atoms with Gasteiger partial charge in [-0.15, -0.1) is 0 Å². The van der Waals surface area contributed by atoms with Crippen molar-refractivity contribution in [2.45, 2.75) is 18.9 Å². The van der Waals surface area contributed by atoms with Gasteiger partial charge in [-0.2, -0.15) is 4.91 Å². The van der Waals surface area contributed by atoms with Crippen LogP contribution in [0.3, 0.4) is 0 Å². The van der Waals surface area contributed by atoms with Crippen LogP contribution < -0.4 is 4.90 Å². The van der Waals surface area contributed by atoms with E-state index in [0.717, 1.165) is 5.56 Å². The largest absolute Gasteiger partial charge is 0.308 e. The Bertz CT molecular complexity index is 789. The van der Waals surface area contributed by atoms with Gasteiger partial charge < -0.3 is 4.90 Å². The van der Waals surface area contributed by atoms with E-state index in [4.69, 9.17) is 0 Å². The number of rotatable bonds is 3. The Morgan fingerprint density at radius 1 is 1.17 bits per heavy atom. The molecule has 1 atom stereocenters. The van der Waals surface area contributed by atoms with Crippen LogP contribution in [0.5, 0.6) is 0 Å². The molecule has 2 aromatic rings. The predicted octanol–water partition coefficient (Wildman–Crippen LogP) is 3.84. The third kappa shape index (κ3) is 2.88. The van der Waals surface area contributed by atoms with Crippen molar-refractivity contribution < 1.29 is 9.72 Å². The Balaban J connectivity index is 1.97. The first-order chi connectivity index (χ1) is 11.6. The summed E-state index contributed by atoms with van der Waals surface area (Å²) >= 11 is 0. The van der Waals surface area contributed by atoms with Gasteiger partial charge in [-0.3, -0.25) is 14.9 Å². The van der Waals surface area contributed by atoms with Gasteiger partial charge in [-0.05, 0) is 31.0 Å². The van der Waals surface area contributed by atoms with Crippen molar-refractivity contribution in [2.24, 2.45) is 5.18 Å². The molecule has 0 N–H and O–H groups in total. The number of carbonyl (C=O) groups excluding carboxylic acids is 1. The number of nitroso groups, excluding NO2 is 1. The summed E-state index contributed by atoms with van der Waals surface area (Å²) in [7, 11) is 0. The van der Waals surface area contributed by atoms with Gasteiger partial charge in [0.05, 0.1) is 4.92 Å². The van der Waals surface area contributed by atoms with E-state index in [-0.39, 0.29) is 11.6 Å². The van der Waals surface area contributed by atoms with Gasteiger partial charge in [0.1, 0.15) is 6.04 Å². The fourth-order valence-electron chi connectivity index (χ4n) is 2.94. The van der Waals surface area contributed by atoms with E-state index in [1.807, 2.05) is 18.2 Å². The van der Waals surface area contributed by atoms with Crippen molar-refractivity contribution in [3.8, 4) is 0 Å². The highest BCUT2D eigenvalue weighted by Gasteiger charge is 2.27. The zero-order chi connectivity index (χ0) is 17.1. The molecule has 1 aliphatic heterocycles. The average Bonchev–Trinajstić information content (AvgIpc) is 2.80. The molecule has 1 heterocycles. The summed E-state index contributed by atoms with van der Waals surface area (Å²) in [5.74, 6) is -0.246. The molecular formula is C17H15N3O4. The molecule has 1 aliphatic rings. The number of hydrogen-bond donors (Lipinski definition) is 0. The minimum Gasteiger partial charge on any atom is -0.308 e. The van der Waals surface area contributed by atoms with E-state index in [2.05, 4.69) is 5.18 Å². The topological polar surface area (TPSA) is 92.9 Å². The van der Waals surface area contributed by atoms with Crippen molar-refractivity contribution in [1.82, 2.24) is 0 Å². The molecule has 0 saturated heterocycles. The highest BCUT2D eigenvalue weighted by Crippen LogP contribution is 2.35. The second-order valence-electron chi connectivity index (χ2n) is 5.58. The minimum absolute atomic E-state index is 0.0620. The van der Waals surface area contributed by atoms with Crippen LogP contribution in [0.25, 0.3) is 0 Å². The Labute approximate surface area is 138 Å². The summed E-state index contributed by atoms with van der Waals surface area (Å²) in [5.41, 5.74) is 1.71. The molecule has 1 amide bonds. The number of amides is 1. The molecule has 2 aromatic carbocycles. The van der Waals surface area contributed by atoms with Gasteiger partial charge in [-0.1, -0.05) is 23.4 Å². The highest BCUT2D eigenvalue weighted by atomic mass is 16.6. The van der Waals surface area contributed by atoms with Crippen LogP contribution >= 0.6 is 0 Å². The van der Waals surface area contributed by atoms with Crippen molar-refractivity contribution in [3.63, 3.8) is 0 Å². The molecule has 0 spiro atoms. The Hall–Kier alpha value is -3.09. The van der Waals surface area contributed by atoms with Gasteiger partial charge in [-0.25, -0.2) is 0 Å². The van der Waals surface area contributed by atoms with E-state index in [0.29, 0.717) is 30.6 Å². The lowest BCUT2D eigenvalue weighted by molar-refractivity contribution is -0.384. The molecule has 24 heavy (non-hydrogen) atoms. The van der Waals surface area contributed by atoms with Crippen molar-refractivity contribution >= 4 is 17.3 Å². The third-order valence-corrected chi connectivity index (χ3v) is 4.14. The number of para-hydroxylation sites is 1. The number of fused-ring (bicyclic) bond motifs is 1. The second-order valence-corrected chi connectivity index (χ2v) is 5.58. The second kappa shape index (κ2) is 6.57. The van der Waals surface area contributed by atoms with E-state index in [9.17, 15) is 19.8 Å². The maximum Gasteiger partial charge on any atom is 0.269 e. The number of nitro groups is 1. The Morgan fingerprint density at radius 2 is 1.88 bits per heavy atom. The van der Waals surface area contributed by atoms with Crippen LogP contribution in [0.15, 0.2) is 53.7 Å². The van der Waals surface area contributed by atoms with E-state index in [1.165, 1.54) is 24.3 Å². The first-order valence-corrected chi connectivity index (χ1v) is 7.59. The number of hydrogen-bond acceptors (Lipinski definition) is 5. The summed E-state index contributed by atoms with van der Waals surface area (Å²) in [4.78, 5) is 35.8. The predicted molar refractivity (Wildman–Crippen MR) is 89.0 cm³/mol. The van der Waals surface area contributed by atoms with E-state index in [1.54, 1.807) is 11.0 Å². The number of anilines is 1. The Kier molecular flexibility index (Phi) is 4.33. The first-order valence-electron chi connectivity index (χ1n) is 7.59. The number of nitrogens with zero attached hydrogens (tertiary/aromatic N) is 3. The average molecular weight is 325 g/mol. The molecule has 0 aromatic heterocycles. The maximum absolute atomic E-state index is 12.8. The van der Waals surface area contributed by atoms with E-state index < -0.39 is 11.0 Å². The first kappa shape index (κ1) is 15.8. The molecule has 0 aliphatic carbocycles. The van der Waals surface area contributed by atoms with Crippen molar-refractivity contribution in [1.29, 1.82) is 0 Å². The smallest absolute Gasteiger partial charge is 0.269 e. The number of nitro benzene ring substituents is 1. The molecule has 122 valence electrons. The minimum atomic E-state index is -0.504. The van der Waals surface area contributed by atoms with Crippen LogP contribution in [0.2, 0.25) is 0 Å². The number of non-ortho nitro benzene ring substituents is 1. The summed E-state index contributed by atoms with van der Waals surface area (Å²) in [6.07, 6.45) is 1.24. The normalized spacial score (nSPS) is 16.8. The lowest BCUT2D eigenvalue weighted by atomic mass is 10.0. The lowest BCUT2D eigenvalue weighted by Gasteiger charge is -2.23. The van der Waals surface area contributed by atoms with E-state index >= 15 is 0 Å². The van der Waals surface area contributed by atoms with Gasteiger partial charge in [0.15, 0.2) is 0 Å². The van der Waals surface area contributed by atoms with Gasteiger partial charge >= 0.3 is 0 Å². The molecule has 0 fully saturated rings. The molecule has 3 rings (SSSR count). The van der Waals surface area contributed by atoms with Crippen molar-refractivity contribution in [3.05, 3.63) is 74.7 Å². The van der Waals surface area contributed by atoms with Gasteiger partial charge in [0.2, 0.25) is 0 Å². The van der Waals surface area contributed by atoms with Crippen LogP contribution in [0.4, 0.5) is 11.4 Å². The SMILES string of the molecule is O=NC1CCCN(C(=O)c2ccc([N+](=O)[O-])cc2)c2ccccc21. The molecule has 0 radical (unpaired) electrons. The third-order valence-electron chi connectivity index (χ3n) is 4.14. The Morgan fingerprint density at radius 3 is 2.54 bits per heavy atom. The lowest BCUT2D eigenvalue weighted by Crippen LogP contribution is -2.31. The zero-order valence-corrected chi connectivity index (χ0v) is 12.8. The monoisotopic (exact) mass is 325 g/mol. The zero-order valence-electron chi connectivity index (χ0n) is 12.8. The number of carbonyl (C=O) groups is 1. The standard InChI is InChI=1S/C17H15N3O4/c21-17(12-7-9-13(10-8-12)20(23)24)19-11-3-5-15(18-22)14-4-1-2-6-16(14)19/h1-2,4,6-10,15H,3,5,11H2. The summed E-state index contributed by atoms with van der Waals surface area (Å²) < 4.78 is 0. The fraction of sp³-hybridized carbons (Fsp3) is 0.235. The summed E-state index contributed by atoms with van der Waals surface area (Å²) in [5, 5.41) is 13.9. The fourth-order valence-corrected chi connectivity index (χ4v) is 2.94. The number of benzene rings is 2. The highest BCUT2D eigenvalue weighted by molar-refractivity contribution is 6.06. The maximum atomic E-state index is 12.8. The van der Waals surface area contributed by atoms with Crippen LogP contribution in [-0.2, 0) is 0 Å². The molecule has 1 unspecified atom stereocenters. The summed E-state index contributed by atoms with van der Waals surface area (Å²) in [6, 6.07) is 12.3. The van der Waals surface area contributed by atoms with Crippen LogP contribution in [0, 0.1) is 15.0 Å². The van der Waals surface area contributed by atoms with Gasteiger partial charge in [0, 0.05) is 35.5 Å². The van der Waals surface area contributed by atoms with Crippen LogP contribution in [-0.4, -0.2) is 17.4 Å².